The molecule has 1 aromatic rings. The van der Waals surface area contributed by atoms with Gasteiger partial charge in [0, 0.05) is 25.0 Å². The van der Waals surface area contributed by atoms with E-state index < -0.39 is 6.04 Å². The molecule has 0 aromatic heterocycles. The molecule has 1 aromatic carbocycles. The van der Waals surface area contributed by atoms with Crippen molar-refractivity contribution in [3.05, 3.63) is 41.1 Å². The highest BCUT2D eigenvalue weighted by molar-refractivity contribution is 7.80. The third kappa shape index (κ3) is 4.97. The maximum absolute atomic E-state index is 12.7. The lowest BCUT2D eigenvalue weighted by molar-refractivity contribution is -0.143. The van der Waals surface area contributed by atoms with Gasteiger partial charge in [-0.2, -0.15) is 0 Å². The van der Waals surface area contributed by atoms with Crippen molar-refractivity contribution < 1.29 is 14.3 Å². The largest absolute Gasteiger partial charge is 0.459 e. The summed E-state index contributed by atoms with van der Waals surface area (Å²) in [7, 11) is 1.81. The summed E-state index contributed by atoms with van der Waals surface area (Å²) >= 11 is 5.38. The molecule has 2 amide bonds. The second kappa shape index (κ2) is 8.85. The van der Waals surface area contributed by atoms with E-state index in [-0.39, 0.29) is 18.1 Å². The number of allylic oxidation sites excluding steroid dienone is 1. The smallest absolute Gasteiger partial charge is 0.338 e. The number of amides is 2. The minimum Gasteiger partial charge on any atom is -0.459 e. The first kappa shape index (κ1) is 20.7. The minimum absolute atomic E-state index is 0.221. The van der Waals surface area contributed by atoms with E-state index in [1.807, 2.05) is 46.9 Å². The number of hydrogen-bond donors (Lipinski definition) is 3. The average Bonchev–Trinajstić information content (AvgIpc) is 2.59. The van der Waals surface area contributed by atoms with Crippen LogP contribution in [-0.4, -0.2) is 41.7 Å². The van der Waals surface area contributed by atoms with Crippen LogP contribution in [0.2, 0.25) is 0 Å². The van der Waals surface area contributed by atoms with Gasteiger partial charge >= 0.3 is 12.0 Å². The molecule has 2 rings (SSSR count). The van der Waals surface area contributed by atoms with Crippen molar-refractivity contribution in [1.82, 2.24) is 15.5 Å². The van der Waals surface area contributed by atoms with E-state index in [9.17, 15) is 9.59 Å². The molecule has 0 aliphatic carbocycles. The van der Waals surface area contributed by atoms with Gasteiger partial charge in [-0.15, -0.1) is 0 Å². The summed E-state index contributed by atoms with van der Waals surface area (Å²) in [5.74, 6) is -0.376. The average molecular weight is 391 g/mol. The van der Waals surface area contributed by atoms with Crippen molar-refractivity contribution in [3.63, 3.8) is 0 Å². The third-order valence-electron chi connectivity index (χ3n) is 4.16. The number of hydrogen-bond acceptors (Lipinski definition) is 4. The number of thiocarbonyl (C=S) groups is 1. The Labute approximate surface area is 165 Å². The fourth-order valence-corrected chi connectivity index (χ4v) is 2.98. The van der Waals surface area contributed by atoms with Crippen molar-refractivity contribution in [2.45, 2.75) is 39.8 Å². The third-order valence-corrected chi connectivity index (χ3v) is 4.55. The maximum Gasteiger partial charge on any atom is 0.338 e. The second-order valence-electron chi connectivity index (χ2n) is 6.50. The van der Waals surface area contributed by atoms with Crippen LogP contribution >= 0.6 is 12.2 Å². The Bertz CT molecular complexity index is 759. The van der Waals surface area contributed by atoms with E-state index in [1.165, 1.54) is 0 Å². The van der Waals surface area contributed by atoms with Gasteiger partial charge in [-0.1, -0.05) is 12.1 Å². The van der Waals surface area contributed by atoms with Crippen molar-refractivity contribution in [1.29, 1.82) is 0 Å². The first-order valence-corrected chi connectivity index (χ1v) is 9.26. The van der Waals surface area contributed by atoms with Gasteiger partial charge in [-0.05, 0) is 57.6 Å². The summed E-state index contributed by atoms with van der Waals surface area (Å²) in [4.78, 5) is 26.1. The van der Waals surface area contributed by atoms with Crippen molar-refractivity contribution in [2.75, 3.05) is 18.9 Å². The number of urea groups is 1. The fourth-order valence-electron chi connectivity index (χ4n) is 2.72. The highest BCUT2D eigenvalue weighted by Gasteiger charge is 2.33. The van der Waals surface area contributed by atoms with Crippen LogP contribution in [0.4, 0.5) is 10.5 Å². The minimum atomic E-state index is -0.418. The van der Waals surface area contributed by atoms with Crippen molar-refractivity contribution in [2.24, 2.45) is 0 Å². The van der Waals surface area contributed by atoms with Gasteiger partial charge in [0.15, 0.2) is 5.11 Å². The van der Waals surface area contributed by atoms with Crippen LogP contribution < -0.4 is 16.0 Å². The summed E-state index contributed by atoms with van der Waals surface area (Å²) in [5, 5.41) is 9.15. The lowest BCUT2D eigenvalue weighted by Crippen LogP contribution is -2.46. The van der Waals surface area contributed by atoms with E-state index in [2.05, 4.69) is 16.0 Å². The zero-order valence-electron chi connectivity index (χ0n) is 16.3. The molecule has 0 bridgehead atoms. The van der Waals surface area contributed by atoms with E-state index in [0.717, 1.165) is 11.3 Å². The predicted molar refractivity (Wildman–Crippen MR) is 109 cm³/mol. The zero-order valence-corrected chi connectivity index (χ0v) is 17.1. The predicted octanol–water partition coefficient (Wildman–Crippen LogP) is 2.91. The zero-order chi connectivity index (χ0) is 20.1. The molecule has 0 saturated heterocycles. The number of anilines is 1. The molecule has 0 radical (unpaired) electrons. The van der Waals surface area contributed by atoms with E-state index in [0.29, 0.717) is 22.9 Å². The van der Waals surface area contributed by atoms with Gasteiger partial charge in [0.25, 0.3) is 0 Å². The number of rotatable bonds is 5. The van der Waals surface area contributed by atoms with Gasteiger partial charge in [-0.3, -0.25) is 0 Å². The summed E-state index contributed by atoms with van der Waals surface area (Å²) in [6.07, 6.45) is -0.221. The van der Waals surface area contributed by atoms with Gasteiger partial charge in [0.05, 0.1) is 17.7 Å². The number of esters is 1. The Morgan fingerprint density at radius 3 is 2.48 bits per heavy atom. The molecule has 1 heterocycles. The molecule has 1 aliphatic heterocycles. The first-order valence-electron chi connectivity index (χ1n) is 8.85. The standard InChI is InChI=1S/C19H26N4O3S/c1-6-20-18(25)21-14-9-7-13(8-10-14)16-15(17(24)26-11(2)3)12(4)23(5)19(27)22-16/h7-11,16H,6H2,1-5H3,(H,22,27)(H2,20,21,25)/t16-/m1/s1. The van der Waals surface area contributed by atoms with Crippen LogP contribution in [-0.2, 0) is 9.53 Å². The molecule has 7 nitrogen and oxygen atoms in total. The summed E-state index contributed by atoms with van der Waals surface area (Å²) in [6.45, 7) is 7.88. The molecular weight excluding hydrogens is 364 g/mol. The molecule has 0 saturated carbocycles. The van der Waals surface area contributed by atoms with Gasteiger partial charge < -0.3 is 25.6 Å². The normalized spacial score (nSPS) is 16.9. The Kier molecular flexibility index (Phi) is 6.79. The Morgan fingerprint density at radius 2 is 1.93 bits per heavy atom. The second-order valence-corrected chi connectivity index (χ2v) is 6.89. The molecule has 1 atom stereocenters. The Balaban J connectivity index is 2.32. The molecule has 27 heavy (non-hydrogen) atoms. The van der Waals surface area contributed by atoms with Crippen LogP contribution in [0.25, 0.3) is 0 Å². The van der Waals surface area contributed by atoms with Crippen molar-refractivity contribution in [3.8, 4) is 0 Å². The number of nitrogens with one attached hydrogen (secondary N) is 3. The SMILES string of the molecule is CCNC(=O)Nc1ccc([C@H]2NC(=S)N(C)C(C)=C2C(=O)OC(C)C)cc1. The maximum atomic E-state index is 12.7. The Hall–Kier alpha value is -2.61. The van der Waals surface area contributed by atoms with Crippen LogP contribution in [0.3, 0.4) is 0 Å². The molecule has 0 unspecified atom stereocenters. The molecular formula is C19H26N4O3S. The van der Waals surface area contributed by atoms with E-state index in [1.54, 1.807) is 17.0 Å². The number of benzene rings is 1. The molecule has 1 aliphatic rings. The van der Waals surface area contributed by atoms with Gasteiger partial charge in [0.1, 0.15) is 0 Å². The van der Waals surface area contributed by atoms with Crippen LogP contribution in [0, 0.1) is 0 Å². The molecule has 146 valence electrons. The fraction of sp³-hybridized carbons (Fsp3) is 0.421. The first-order chi connectivity index (χ1) is 12.7. The van der Waals surface area contributed by atoms with Crippen molar-refractivity contribution >= 4 is 35.0 Å². The highest BCUT2D eigenvalue weighted by atomic mass is 32.1. The van der Waals surface area contributed by atoms with Crippen LogP contribution in [0.5, 0.6) is 0 Å². The molecule has 8 heteroatoms. The number of nitrogens with zero attached hydrogens (tertiary/aromatic N) is 1. The van der Waals surface area contributed by atoms with Gasteiger partial charge in [-0.25, -0.2) is 9.59 Å². The lowest BCUT2D eigenvalue weighted by Gasteiger charge is -2.35. The summed E-state index contributed by atoms with van der Waals surface area (Å²) < 4.78 is 5.43. The topological polar surface area (TPSA) is 82.7 Å². The lowest BCUT2D eigenvalue weighted by atomic mass is 9.95. The monoisotopic (exact) mass is 390 g/mol. The number of ether oxygens (including phenoxy) is 1. The summed E-state index contributed by atoms with van der Waals surface area (Å²) in [6, 6.07) is 6.59. The number of carbonyl (C=O) groups is 2. The van der Waals surface area contributed by atoms with Gasteiger partial charge in [0.2, 0.25) is 0 Å². The van der Waals surface area contributed by atoms with E-state index in [4.69, 9.17) is 17.0 Å². The number of carbonyl (C=O) groups excluding carboxylic acids is 2. The molecule has 0 spiro atoms. The van der Waals surface area contributed by atoms with E-state index >= 15 is 0 Å². The molecule has 0 fully saturated rings. The Morgan fingerprint density at radius 1 is 1.30 bits per heavy atom. The van der Waals surface area contributed by atoms with Crippen LogP contribution in [0.15, 0.2) is 35.5 Å². The molecule has 3 N–H and O–H groups in total. The quantitative estimate of drug-likeness (QED) is 0.530. The van der Waals surface area contributed by atoms with Crippen LogP contribution in [0.1, 0.15) is 39.3 Å². The summed E-state index contributed by atoms with van der Waals surface area (Å²) in [5.41, 5.74) is 2.78. The highest BCUT2D eigenvalue weighted by Crippen LogP contribution is 2.31.